The van der Waals surface area contributed by atoms with Gasteiger partial charge in [0.05, 0.1) is 0 Å². The van der Waals surface area contributed by atoms with Gasteiger partial charge in [-0.25, -0.2) is 0 Å². The van der Waals surface area contributed by atoms with Crippen molar-refractivity contribution < 1.29 is 28.6 Å². The van der Waals surface area contributed by atoms with Crippen molar-refractivity contribution in [1.29, 1.82) is 0 Å². The Bertz CT molecular complexity index is 1340. The fourth-order valence-electron chi connectivity index (χ4n) is 9.54. The zero-order valence-electron chi connectivity index (χ0n) is 50.1. The summed E-state index contributed by atoms with van der Waals surface area (Å²) in [5.74, 6) is -0.880. The molecule has 1 unspecified atom stereocenters. The van der Waals surface area contributed by atoms with Crippen molar-refractivity contribution >= 4 is 17.9 Å². The van der Waals surface area contributed by atoms with Crippen LogP contribution in [0.2, 0.25) is 0 Å². The number of rotatable bonds is 60. The smallest absolute Gasteiger partial charge is 0.306 e. The SMILES string of the molecule is CCCCC/C=C\C/C=C\C/C=C\CCCCCCCCC(=O)OC(COC(=O)CCCCCCCCC/C=C\C/C=C\CCCCC)COC(=O)CCCCCCCCCCCCCCCCCCCCCCC. The minimum absolute atomic E-state index is 0.0790. The van der Waals surface area contributed by atoms with Gasteiger partial charge < -0.3 is 14.2 Å². The second-order valence-corrected chi connectivity index (χ2v) is 22.0. The van der Waals surface area contributed by atoms with Crippen molar-refractivity contribution in [2.75, 3.05) is 13.2 Å². The highest BCUT2D eigenvalue weighted by atomic mass is 16.6. The average molecular weight is 1050 g/mol. The van der Waals surface area contributed by atoms with E-state index in [1.807, 2.05) is 0 Å². The van der Waals surface area contributed by atoms with Crippen molar-refractivity contribution in [2.45, 2.75) is 348 Å². The number of allylic oxidation sites excluding steroid dienone is 10. The van der Waals surface area contributed by atoms with Gasteiger partial charge in [0.25, 0.3) is 0 Å². The Morgan fingerprint density at radius 2 is 0.480 bits per heavy atom. The van der Waals surface area contributed by atoms with Gasteiger partial charge in [0, 0.05) is 19.3 Å². The molecule has 0 aromatic heterocycles. The molecule has 0 N–H and O–H groups in total. The highest BCUT2D eigenvalue weighted by molar-refractivity contribution is 5.71. The Kier molecular flexibility index (Phi) is 61.2. The lowest BCUT2D eigenvalue weighted by atomic mass is 10.0. The second-order valence-electron chi connectivity index (χ2n) is 22.0. The fraction of sp³-hybridized carbons (Fsp3) is 0.812. The fourth-order valence-corrected chi connectivity index (χ4v) is 9.54. The summed E-state index contributed by atoms with van der Waals surface area (Å²) in [4.78, 5) is 38.4. The van der Waals surface area contributed by atoms with Crippen LogP contribution in [-0.2, 0) is 28.6 Å². The van der Waals surface area contributed by atoms with Gasteiger partial charge in [0.15, 0.2) is 6.10 Å². The Labute approximate surface area is 466 Å². The van der Waals surface area contributed by atoms with E-state index in [1.165, 1.54) is 205 Å². The molecule has 0 bridgehead atoms. The number of carbonyl (C=O) groups is 3. The van der Waals surface area contributed by atoms with E-state index in [0.717, 1.165) is 96.3 Å². The number of hydrogen-bond acceptors (Lipinski definition) is 6. The van der Waals surface area contributed by atoms with E-state index >= 15 is 0 Å². The first-order chi connectivity index (χ1) is 37.0. The maximum atomic E-state index is 12.9. The molecule has 0 amide bonds. The first-order valence-corrected chi connectivity index (χ1v) is 32.8. The predicted octanol–water partition coefficient (Wildman–Crippen LogP) is 22.3. The van der Waals surface area contributed by atoms with Gasteiger partial charge in [-0.15, -0.1) is 0 Å². The van der Waals surface area contributed by atoms with Crippen LogP contribution in [-0.4, -0.2) is 37.2 Å². The molecule has 75 heavy (non-hydrogen) atoms. The highest BCUT2D eigenvalue weighted by Crippen LogP contribution is 2.17. The third-order valence-electron chi connectivity index (χ3n) is 14.5. The molecule has 0 aromatic carbocycles. The second kappa shape index (κ2) is 63.6. The molecule has 0 fully saturated rings. The summed E-state index contributed by atoms with van der Waals surface area (Å²) in [5, 5.41) is 0. The third-order valence-corrected chi connectivity index (χ3v) is 14.5. The molecule has 0 aliphatic heterocycles. The van der Waals surface area contributed by atoms with Gasteiger partial charge in [-0.3, -0.25) is 14.4 Å². The van der Waals surface area contributed by atoms with Gasteiger partial charge in [-0.2, -0.15) is 0 Å². The summed E-state index contributed by atoms with van der Waals surface area (Å²) >= 11 is 0. The Balaban J connectivity index is 4.37. The lowest BCUT2D eigenvalue weighted by molar-refractivity contribution is -0.167. The summed E-state index contributed by atoms with van der Waals surface area (Å²) in [6.45, 7) is 6.62. The summed E-state index contributed by atoms with van der Waals surface area (Å²) in [5.41, 5.74) is 0. The molecule has 0 rings (SSSR count). The molecule has 6 heteroatoms. The molecular formula is C69H124O6. The van der Waals surface area contributed by atoms with Gasteiger partial charge in [0.1, 0.15) is 13.2 Å². The van der Waals surface area contributed by atoms with E-state index < -0.39 is 6.10 Å². The lowest BCUT2D eigenvalue weighted by Crippen LogP contribution is -2.30. The first-order valence-electron chi connectivity index (χ1n) is 32.8. The summed E-state index contributed by atoms with van der Waals surface area (Å²) in [6.07, 6.45) is 80.8. The van der Waals surface area contributed by atoms with Crippen LogP contribution in [0.1, 0.15) is 342 Å². The van der Waals surface area contributed by atoms with Crippen molar-refractivity contribution in [2.24, 2.45) is 0 Å². The molecular weight excluding hydrogens is 925 g/mol. The average Bonchev–Trinajstić information content (AvgIpc) is 3.41. The largest absolute Gasteiger partial charge is 0.462 e. The van der Waals surface area contributed by atoms with Gasteiger partial charge in [-0.05, 0) is 89.9 Å². The monoisotopic (exact) mass is 1050 g/mol. The molecule has 0 saturated carbocycles. The third kappa shape index (κ3) is 61.8. The van der Waals surface area contributed by atoms with Gasteiger partial charge in [0.2, 0.25) is 0 Å². The van der Waals surface area contributed by atoms with E-state index in [2.05, 4.69) is 81.5 Å². The topological polar surface area (TPSA) is 78.9 Å². The first kappa shape index (κ1) is 72.1. The number of unbranched alkanes of at least 4 members (excludes halogenated alkanes) is 39. The van der Waals surface area contributed by atoms with Crippen LogP contribution in [0.5, 0.6) is 0 Å². The van der Waals surface area contributed by atoms with Crippen molar-refractivity contribution in [3.63, 3.8) is 0 Å². The number of esters is 3. The molecule has 0 aliphatic carbocycles. The molecule has 0 aromatic rings. The van der Waals surface area contributed by atoms with Crippen LogP contribution in [0.3, 0.4) is 0 Å². The highest BCUT2D eigenvalue weighted by Gasteiger charge is 2.19. The molecule has 436 valence electrons. The molecule has 6 nitrogen and oxygen atoms in total. The van der Waals surface area contributed by atoms with Gasteiger partial charge >= 0.3 is 17.9 Å². The van der Waals surface area contributed by atoms with E-state index in [0.29, 0.717) is 19.3 Å². The molecule has 0 saturated heterocycles. The zero-order valence-corrected chi connectivity index (χ0v) is 50.1. The van der Waals surface area contributed by atoms with E-state index in [9.17, 15) is 14.4 Å². The maximum absolute atomic E-state index is 12.9. The summed E-state index contributed by atoms with van der Waals surface area (Å²) in [6, 6.07) is 0. The minimum atomic E-state index is -0.785. The molecule has 0 spiro atoms. The Hall–Kier alpha value is -2.89. The van der Waals surface area contributed by atoms with Crippen LogP contribution in [0.25, 0.3) is 0 Å². The standard InChI is InChI=1S/C69H124O6/c1-4-7-10-13-16-19-22-25-28-31-33-34-36-38-41-44-47-50-53-56-59-62-68(71)74-65-66(64-73-67(70)61-58-55-52-49-46-43-40-37-30-27-24-21-18-15-12-9-6-3)75-69(72)63-60-57-54-51-48-45-42-39-35-32-29-26-23-20-17-14-11-8-5-2/h17-18,20-21,26-27,29-30,35,39,66H,4-16,19,22-25,28,31-34,36-38,40-65H2,1-3H3/b20-17-,21-18-,29-26-,30-27-,39-35-. The van der Waals surface area contributed by atoms with Crippen LogP contribution < -0.4 is 0 Å². The predicted molar refractivity (Wildman–Crippen MR) is 325 cm³/mol. The van der Waals surface area contributed by atoms with E-state index in [-0.39, 0.29) is 31.1 Å². The van der Waals surface area contributed by atoms with Crippen LogP contribution >= 0.6 is 0 Å². The Morgan fingerprint density at radius 1 is 0.267 bits per heavy atom. The minimum Gasteiger partial charge on any atom is -0.462 e. The van der Waals surface area contributed by atoms with Crippen molar-refractivity contribution in [3.8, 4) is 0 Å². The normalized spacial score (nSPS) is 12.4. The lowest BCUT2D eigenvalue weighted by Gasteiger charge is -2.18. The van der Waals surface area contributed by atoms with Crippen LogP contribution in [0.4, 0.5) is 0 Å². The molecule has 1 atom stereocenters. The quantitative estimate of drug-likeness (QED) is 0.0261. The Morgan fingerprint density at radius 3 is 0.773 bits per heavy atom. The summed E-state index contributed by atoms with van der Waals surface area (Å²) in [7, 11) is 0. The molecule has 0 radical (unpaired) electrons. The molecule has 0 heterocycles. The van der Waals surface area contributed by atoms with Crippen LogP contribution in [0, 0.1) is 0 Å². The maximum Gasteiger partial charge on any atom is 0.306 e. The number of carbonyl (C=O) groups excluding carboxylic acids is 3. The van der Waals surface area contributed by atoms with Crippen LogP contribution in [0.15, 0.2) is 60.8 Å². The zero-order chi connectivity index (χ0) is 54.3. The van der Waals surface area contributed by atoms with E-state index in [4.69, 9.17) is 14.2 Å². The number of ether oxygens (including phenoxy) is 3. The van der Waals surface area contributed by atoms with Crippen molar-refractivity contribution in [3.05, 3.63) is 60.8 Å². The van der Waals surface area contributed by atoms with Gasteiger partial charge in [-0.1, -0.05) is 293 Å². The summed E-state index contributed by atoms with van der Waals surface area (Å²) < 4.78 is 17.0. The van der Waals surface area contributed by atoms with Crippen molar-refractivity contribution in [1.82, 2.24) is 0 Å². The molecule has 0 aliphatic rings. The number of hydrogen-bond donors (Lipinski definition) is 0. The van der Waals surface area contributed by atoms with E-state index in [1.54, 1.807) is 0 Å².